The van der Waals surface area contributed by atoms with Crippen molar-refractivity contribution in [3.05, 3.63) is 66.2 Å². The number of benzene rings is 2. The van der Waals surface area contributed by atoms with E-state index in [1.165, 1.54) is 17.4 Å². The number of hydrogen-bond donors (Lipinski definition) is 0. The molecule has 0 N–H and O–H groups in total. The van der Waals surface area contributed by atoms with E-state index in [1.54, 1.807) is 18.2 Å². The maximum absolute atomic E-state index is 12.8. The molecule has 0 amide bonds. The Kier molecular flexibility index (Phi) is 3.42. The molecule has 2 aromatic heterocycles. The molecular formula is C18H10F3NOS. The second-order valence-electron chi connectivity index (χ2n) is 5.23. The molecule has 2 aromatic carbocycles. The van der Waals surface area contributed by atoms with Crippen LogP contribution in [0.2, 0.25) is 0 Å². The van der Waals surface area contributed by atoms with Gasteiger partial charge in [0.1, 0.15) is 5.76 Å². The second-order valence-corrected chi connectivity index (χ2v) is 6.26. The summed E-state index contributed by atoms with van der Waals surface area (Å²) in [5.41, 5.74) is 0.560. The predicted octanol–water partition coefficient (Wildman–Crippen LogP) is 6.24. The van der Waals surface area contributed by atoms with Crippen LogP contribution in [0.3, 0.4) is 0 Å². The van der Waals surface area contributed by atoms with Gasteiger partial charge in [-0.15, -0.1) is 11.3 Å². The van der Waals surface area contributed by atoms with Crippen LogP contribution in [0.4, 0.5) is 13.2 Å². The number of hydrogen-bond acceptors (Lipinski definition) is 3. The number of fused-ring (bicyclic) bond motifs is 1. The monoisotopic (exact) mass is 345 g/mol. The minimum atomic E-state index is -4.38. The van der Waals surface area contributed by atoms with Gasteiger partial charge in [-0.3, -0.25) is 0 Å². The van der Waals surface area contributed by atoms with E-state index in [2.05, 4.69) is 4.98 Å². The van der Waals surface area contributed by atoms with Gasteiger partial charge in [0.2, 0.25) is 0 Å². The fourth-order valence-electron chi connectivity index (χ4n) is 2.43. The van der Waals surface area contributed by atoms with Gasteiger partial charge in [0.05, 0.1) is 15.8 Å². The Morgan fingerprint density at radius 1 is 0.875 bits per heavy atom. The number of aromatic nitrogens is 1. The molecular weight excluding hydrogens is 335 g/mol. The van der Waals surface area contributed by atoms with Crippen molar-refractivity contribution < 1.29 is 17.6 Å². The highest BCUT2D eigenvalue weighted by atomic mass is 32.1. The molecule has 4 aromatic rings. The maximum atomic E-state index is 12.8. The fourth-order valence-corrected chi connectivity index (χ4v) is 3.36. The number of nitrogens with zero attached hydrogens (tertiary/aromatic N) is 1. The molecule has 0 atom stereocenters. The summed E-state index contributed by atoms with van der Waals surface area (Å²) in [4.78, 5) is 4.49. The van der Waals surface area contributed by atoms with Crippen LogP contribution in [0.25, 0.3) is 32.3 Å². The molecule has 6 heteroatoms. The molecule has 0 aliphatic heterocycles. The van der Waals surface area contributed by atoms with Gasteiger partial charge in [-0.05, 0) is 36.4 Å². The number of rotatable bonds is 2. The molecule has 0 spiro atoms. The zero-order chi connectivity index (χ0) is 16.7. The lowest BCUT2D eigenvalue weighted by Gasteiger charge is -2.07. The van der Waals surface area contributed by atoms with E-state index >= 15 is 0 Å². The Morgan fingerprint density at radius 2 is 1.67 bits per heavy atom. The van der Waals surface area contributed by atoms with Crippen LogP contribution in [0.15, 0.2) is 65.1 Å². The fraction of sp³-hybridized carbons (Fsp3) is 0.0556. The van der Waals surface area contributed by atoms with Crippen molar-refractivity contribution in [3.63, 3.8) is 0 Å². The van der Waals surface area contributed by atoms with Gasteiger partial charge >= 0.3 is 6.18 Å². The summed E-state index contributed by atoms with van der Waals surface area (Å²) >= 11 is 1.48. The molecule has 0 unspecified atom stereocenters. The summed E-state index contributed by atoms with van der Waals surface area (Å²) in [7, 11) is 0. The minimum Gasteiger partial charge on any atom is -0.454 e. The van der Waals surface area contributed by atoms with Crippen LogP contribution in [-0.4, -0.2) is 4.98 Å². The van der Waals surface area contributed by atoms with Crippen molar-refractivity contribution >= 4 is 21.6 Å². The van der Waals surface area contributed by atoms with Crippen LogP contribution in [0.1, 0.15) is 5.56 Å². The first-order valence-corrected chi connectivity index (χ1v) is 7.96. The van der Waals surface area contributed by atoms with Gasteiger partial charge in [-0.1, -0.05) is 24.3 Å². The van der Waals surface area contributed by atoms with E-state index in [9.17, 15) is 13.2 Å². The summed E-state index contributed by atoms with van der Waals surface area (Å²) in [5, 5.41) is 0.703. The molecule has 0 saturated heterocycles. The van der Waals surface area contributed by atoms with Gasteiger partial charge in [0.25, 0.3) is 0 Å². The smallest absolute Gasteiger partial charge is 0.416 e. The van der Waals surface area contributed by atoms with E-state index in [0.29, 0.717) is 22.1 Å². The molecule has 120 valence electrons. The van der Waals surface area contributed by atoms with Crippen LogP contribution in [0, 0.1) is 0 Å². The summed E-state index contributed by atoms with van der Waals surface area (Å²) in [6, 6.07) is 16.2. The summed E-state index contributed by atoms with van der Waals surface area (Å²) in [5.74, 6) is 0.930. The van der Waals surface area contributed by atoms with Crippen LogP contribution in [0.5, 0.6) is 0 Å². The second kappa shape index (κ2) is 5.49. The quantitative estimate of drug-likeness (QED) is 0.430. The maximum Gasteiger partial charge on any atom is 0.416 e. The molecule has 2 heterocycles. The van der Waals surface area contributed by atoms with E-state index in [1.807, 2.05) is 24.3 Å². The molecule has 2 nitrogen and oxygen atoms in total. The first-order valence-electron chi connectivity index (χ1n) is 7.14. The van der Waals surface area contributed by atoms with Gasteiger partial charge in [0, 0.05) is 5.56 Å². The third-order valence-corrected chi connectivity index (χ3v) is 4.64. The summed E-state index contributed by atoms with van der Waals surface area (Å²) in [6.07, 6.45) is -4.38. The van der Waals surface area contributed by atoms with Crippen molar-refractivity contribution in [1.29, 1.82) is 0 Å². The van der Waals surface area contributed by atoms with Gasteiger partial charge in [-0.25, -0.2) is 4.98 Å². The van der Waals surface area contributed by atoms with Crippen molar-refractivity contribution in [3.8, 4) is 22.1 Å². The third-order valence-electron chi connectivity index (χ3n) is 3.59. The molecule has 0 saturated carbocycles. The first-order chi connectivity index (χ1) is 11.5. The molecule has 0 bridgehead atoms. The van der Waals surface area contributed by atoms with Crippen LogP contribution >= 0.6 is 11.3 Å². The zero-order valence-electron chi connectivity index (χ0n) is 12.2. The van der Waals surface area contributed by atoms with Gasteiger partial charge in [0.15, 0.2) is 10.8 Å². The Morgan fingerprint density at radius 3 is 2.46 bits per heavy atom. The highest BCUT2D eigenvalue weighted by Crippen LogP contribution is 2.36. The van der Waals surface area contributed by atoms with E-state index < -0.39 is 11.7 Å². The normalized spacial score (nSPS) is 12.0. The summed E-state index contributed by atoms with van der Waals surface area (Å²) < 4.78 is 45.3. The topological polar surface area (TPSA) is 26.0 Å². The van der Waals surface area contributed by atoms with Crippen molar-refractivity contribution in [1.82, 2.24) is 4.98 Å². The summed E-state index contributed by atoms with van der Waals surface area (Å²) in [6.45, 7) is 0. The van der Waals surface area contributed by atoms with E-state index in [0.717, 1.165) is 22.3 Å². The predicted molar refractivity (Wildman–Crippen MR) is 87.8 cm³/mol. The van der Waals surface area contributed by atoms with Crippen molar-refractivity contribution in [2.75, 3.05) is 0 Å². The molecule has 24 heavy (non-hydrogen) atoms. The van der Waals surface area contributed by atoms with Crippen LogP contribution in [-0.2, 0) is 6.18 Å². The standard InChI is InChI=1S/C18H10F3NOS/c19-18(20,21)12-5-3-4-11(10-12)14-8-9-15(23-14)17-22-13-6-1-2-7-16(13)24-17/h1-10H. The number of halogens is 3. The average molecular weight is 345 g/mol. The Balaban J connectivity index is 1.72. The third kappa shape index (κ3) is 2.69. The van der Waals surface area contributed by atoms with Crippen molar-refractivity contribution in [2.24, 2.45) is 0 Å². The zero-order valence-corrected chi connectivity index (χ0v) is 13.0. The van der Waals surface area contributed by atoms with Crippen molar-refractivity contribution in [2.45, 2.75) is 6.18 Å². The Hall–Kier alpha value is -2.60. The van der Waals surface area contributed by atoms with Crippen LogP contribution < -0.4 is 0 Å². The lowest BCUT2D eigenvalue weighted by molar-refractivity contribution is -0.137. The minimum absolute atomic E-state index is 0.385. The first kappa shape index (κ1) is 15.0. The number of thiazole rings is 1. The average Bonchev–Trinajstić information content (AvgIpc) is 3.21. The number of para-hydroxylation sites is 1. The largest absolute Gasteiger partial charge is 0.454 e. The molecule has 0 fully saturated rings. The van der Waals surface area contributed by atoms with Gasteiger partial charge < -0.3 is 4.42 Å². The lowest BCUT2D eigenvalue weighted by atomic mass is 10.1. The van der Waals surface area contributed by atoms with Gasteiger partial charge in [-0.2, -0.15) is 13.2 Å². The molecule has 4 rings (SSSR count). The lowest BCUT2D eigenvalue weighted by Crippen LogP contribution is -2.04. The highest BCUT2D eigenvalue weighted by molar-refractivity contribution is 7.21. The number of furan rings is 1. The number of alkyl halides is 3. The van der Waals surface area contributed by atoms with E-state index in [4.69, 9.17) is 4.42 Å². The SMILES string of the molecule is FC(F)(F)c1cccc(-c2ccc(-c3nc4ccccc4s3)o2)c1. The molecule has 0 aliphatic rings. The Labute approximate surface area is 139 Å². The molecule has 0 radical (unpaired) electrons. The Bertz CT molecular complexity index is 983. The highest BCUT2D eigenvalue weighted by Gasteiger charge is 2.30. The van der Waals surface area contributed by atoms with E-state index in [-0.39, 0.29) is 0 Å². The molecule has 0 aliphatic carbocycles.